The van der Waals surface area contributed by atoms with E-state index in [1.807, 2.05) is 0 Å². The van der Waals surface area contributed by atoms with Crippen LogP contribution in [0.25, 0.3) is 0 Å². The molecule has 2 aromatic carbocycles. The maximum Gasteiger partial charge on any atom is 0.152 e. The Hall–Kier alpha value is -1.33. The summed E-state index contributed by atoms with van der Waals surface area (Å²) in [5.74, 6) is -1.77. The van der Waals surface area contributed by atoms with Crippen LogP contribution in [0.2, 0.25) is 5.02 Å². The molecular weight excluding hydrogens is 295 g/mol. The van der Waals surface area contributed by atoms with Crippen molar-refractivity contribution in [3.8, 4) is 0 Å². The molecular formula is C13H9ClF3NS. The van der Waals surface area contributed by atoms with Crippen LogP contribution < -0.4 is 4.72 Å². The first-order valence-corrected chi connectivity index (χ1v) is 6.51. The fraction of sp³-hybridized carbons (Fsp3) is 0.0769. The maximum atomic E-state index is 13.7. The molecule has 0 saturated carbocycles. The normalized spacial score (nSPS) is 10.6. The molecule has 0 spiro atoms. The monoisotopic (exact) mass is 303 g/mol. The van der Waals surface area contributed by atoms with Gasteiger partial charge in [0.2, 0.25) is 0 Å². The standard InChI is InChI=1S/C13H9ClF3NS/c1-7-10(15)4-5-12(13(7)17)18-19-8-2-3-11(16)9(14)6-8/h2-6,18H,1H3. The van der Waals surface area contributed by atoms with Gasteiger partial charge in [-0.2, -0.15) is 0 Å². The van der Waals surface area contributed by atoms with Crippen molar-refractivity contribution >= 4 is 29.2 Å². The third kappa shape index (κ3) is 3.16. The van der Waals surface area contributed by atoms with Crippen LogP contribution in [0.3, 0.4) is 0 Å². The summed E-state index contributed by atoms with van der Waals surface area (Å²) < 4.78 is 42.5. The zero-order valence-corrected chi connectivity index (χ0v) is 11.4. The highest BCUT2D eigenvalue weighted by molar-refractivity contribution is 8.00. The summed E-state index contributed by atoms with van der Waals surface area (Å²) in [6.07, 6.45) is 0. The SMILES string of the molecule is Cc1c(F)ccc(NSc2ccc(F)c(Cl)c2)c1F. The molecule has 6 heteroatoms. The number of halogens is 4. The van der Waals surface area contributed by atoms with E-state index < -0.39 is 17.5 Å². The van der Waals surface area contributed by atoms with Gasteiger partial charge in [0.1, 0.15) is 11.6 Å². The van der Waals surface area contributed by atoms with E-state index in [0.29, 0.717) is 4.90 Å². The van der Waals surface area contributed by atoms with E-state index >= 15 is 0 Å². The fourth-order valence-electron chi connectivity index (χ4n) is 1.39. The molecule has 1 N–H and O–H groups in total. The first kappa shape index (κ1) is 14.1. The molecule has 0 amide bonds. The Bertz CT molecular complexity index is 619. The smallest absolute Gasteiger partial charge is 0.152 e. The van der Waals surface area contributed by atoms with Crippen LogP contribution in [-0.4, -0.2) is 0 Å². The largest absolute Gasteiger partial charge is 0.323 e. The van der Waals surface area contributed by atoms with Crippen molar-refractivity contribution < 1.29 is 13.2 Å². The Balaban J connectivity index is 2.14. The summed E-state index contributed by atoms with van der Waals surface area (Å²) in [6, 6.07) is 6.63. The summed E-state index contributed by atoms with van der Waals surface area (Å²) in [5, 5.41) is -0.0115. The maximum absolute atomic E-state index is 13.7. The van der Waals surface area contributed by atoms with Gasteiger partial charge in [-0.1, -0.05) is 11.6 Å². The van der Waals surface area contributed by atoms with Crippen molar-refractivity contribution in [3.63, 3.8) is 0 Å². The van der Waals surface area contributed by atoms with E-state index in [4.69, 9.17) is 11.6 Å². The van der Waals surface area contributed by atoms with Gasteiger partial charge < -0.3 is 4.72 Å². The van der Waals surface area contributed by atoms with Crippen molar-refractivity contribution in [3.05, 3.63) is 58.4 Å². The highest BCUT2D eigenvalue weighted by Crippen LogP contribution is 2.28. The van der Waals surface area contributed by atoms with E-state index in [-0.39, 0.29) is 16.3 Å². The lowest BCUT2D eigenvalue weighted by molar-refractivity contribution is 0.571. The van der Waals surface area contributed by atoms with Crippen LogP contribution in [0.1, 0.15) is 5.56 Å². The number of hydrogen-bond donors (Lipinski definition) is 1. The Kier molecular flexibility index (Phi) is 4.27. The predicted octanol–water partition coefficient (Wildman–Crippen LogP) is 5.18. The molecule has 19 heavy (non-hydrogen) atoms. The van der Waals surface area contributed by atoms with Gasteiger partial charge in [0.25, 0.3) is 0 Å². The predicted molar refractivity (Wildman–Crippen MR) is 72.0 cm³/mol. The van der Waals surface area contributed by atoms with E-state index in [1.165, 1.54) is 37.3 Å². The van der Waals surface area contributed by atoms with Crippen LogP contribution >= 0.6 is 23.5 Å². The number of anilines is 1. The third-order valence-corrected chi connectivity index (χ3v) is 3.59. The Morgan fingerprint density at radius 3 is 2.42 bits per heavy atom. The van der Waals surface area contributed by atoms with E-state index in [1.54, 1.807) is 0 Å². The Morgan fingerprint density at radius 1 is 1.05 bits per heavy atom. The molecule has 0 heterocycles. The molecule has 0 radical (unpaired) electrons. The minimum Gasteiger partial charge on any atom is -0.323 e. The van der Waals surface area contributed by atoms with Crippen molar-refractivity contribution in [2.45, 2.75) is 11.8 Å². The first-order valence-electron chi connectivity index (χ1n) is 5.31. The minimum absolute atomic E-state index is 0.0115. The quantitative estimate of drug-likeness (QED) is 0.784. The second-order valence-corrected chi connectivity index (χ2v) is 5.10. The second-order valence-electron chi connectivity index (χ2n) is 3.81. The topological polar surface area (TPSA) is 12.0 Å². The number of rotatable bonds is 3. The molecule has 1 nitrogen and oxygen atoms in total. The van der Waals surface area contributed by atoms with Crippen LogP contribution in [-0.2, 0) is 0 Å². The van der Waals surface area contributed by atoms with Crippen molar-refractivity contribution in [2.24, 2.45) is 0 Å². The fourth-order valence-corrected chi connectivity index (χ4v) is 2.34. The molecule has 0 atom stereocenters. The highest BCUT2D eigenvalue weighted by Gasteiger charge is 2.10. The van der Waals surface area contributed by atoms with Crippen molar-refractivity contribution in [2.75, 3.05) is 4.72 Å². The molecule has 100 valence electrons. The lowest BCUT2D eigenvalue weighted by atomic mass is 10.2. The summed E-state index contributed by atoms with van der Waals surface area (Å²) in [5.41, 5.74) is 0.104. The highest BCUT2D eigenvalue weighted by atomic mass is 35.5. The summed E-state index contributed by atoms with van der Waals surface area (Å²) >= 11 is 6.69. The Labute approximate surface area is 117 Å². The third-order valence-electron chi connectivity index (χ3n) is 2.49. The van der Waals surface area contributed by atoms with Gasteiger partial charge in [-0.05, 0) is 49.2 Å². The van der Waals surface area contributed by atoms with Crippen LogP contribution in [0, 0.1) is 24.4 Å². The Morgan fingerprint density at radius 2 is 1.74 bits per heavy atom. The first-order chi connectivity index (χ1) is 8.99. The van der Waals surface area contributed by atoms with Crippen molar-refractivity contribution in [1.29, 1.82) is 0 Å². The molecule has 0 aliphatic carbocycles. The van der Waals surface area contributed by atoms with Gasteiger partial charge in [0.15, 0.2) is 5.82 Å². The van der Waals surface area contributed by atoms with E-state index in [9.17, 15) is 13.2 Å². The second kappa shape index (κ2) is 5.75. The average Bonchev–Trinajstić information content (AvgIpc) is 2.39. The van der Waals surface area contributed by atoms with Crippen LogP contribution in [0.15, 0.2) is 35.2 Å². The minimum atomic E-state index is -0.652. The zero-order valence-electron chi connectivity index (χ0n) is 9.81. The molecule has 0 saturated heterocycles. The summed E-state index contributed by atoms with van der Waals surface area (Å²) in [6.45, 7) is 1.36. The van der Waals surface area contributed by atoms with Gasteiger partial charge in [-0.3, -0.25) is 0 Å². The lowest BCUT2D eigenvalue weighted by Crippen LogP contribution is -1.96. The van der Waals surface area contributed by atoms with Gasteiger partial charge in [0.05, 0.1) is 10.7 Å². The van der Waals surface area contributed by atoms with Crippen LogP contribution in [0.5, 0.6) is 0 Å². The zero-order chi connectivity index (χ0) is 14.0. The summed E-state index contributed by atoms with van der Waals surface area (Å²) in [7, 11) is 0. The molecule has 2 aromatic rings. The molecule has 2 rings (SSSR count). The molecule has 0 aliphatic heterocycles. The van der Waals surface area contributed by atoms with E-state index in [0.717, 1.165) is 11.9 Å². The summed E-state index contributed by atoms with van der Waals surface area (Å²) in [4.78, 5) is 0.618. The van der Waals surface area contributed by atoms with Gasteiger partial charge >= 0.3 is 0 Å². The van der Waals surface area contributed by atoms with E-state index in [2.05, 4.69) is 4.72 Å². The molecule has 0 fully saturated rings. The molecule has 0 aromatic heterocycles. The van der Waals surface area contributed by atoms with Gasteiger partial charge in [-0.25, -0.2) is 13.2 Å². The number of benzene rings is 2. The number of nitrogens with one attached hydrogen (secondary N) is 1. The molecule has 0 aliphatic rings. The van der Waals surface area contributed by atoms with Crippen LogP contribution in [0.4, 0.5) is 18.9 Å². The lowest BCUT2D eigenvalue weighted by Gasteiger charge is -2.09. The van der Waals surface area contributed by atoms with Gasteiger partial charge in [-0.15, -0.1) is 0 Å². The molecule has 0 bridgehead atoms. The molecule has 0 unspecified atom stereocenters. The van der Waals surface area contributed by atoms with Crippen molar-refractivity contribution in [1.82, 2.24) is 0 Å². The number of hydrogen-bond acceptors (Lipinski definition) is 2. The van der Waals surface area contributed by atoms with Gasteiger partial charge in [0, 0.05) is 10.5 Å². The average molecular weight is 304 g/mol.